The van der Waals surface area contributed by atoms with E-state index >= 15 is 0 Å². The molecule has 106 valence electrons. The first kappa shape index (κ1) is 13.4. The average molecular weight is 309 g/mol. The summed E-state index contributed by atoms with van der Waals surface area (Å²) in [5.41, 5.74) is 5.68. The van der Waals surface area contributed by atoms with Crippen molar-refractivity contribution in [1.82, 2.24) is 5.32 Å². The van der Waals surface area contributed by atoms with Gasteiger partial charge in [0, 0.05) is 21.4 Å². The molecule has 0 saturated heterocycles. The summed E-state index contributed by atoms with van der Waals surface area (Å²) < 4.78 is 2.28. The van der Waals surface area contributed by atoms with E-state index in [1.54, 1.807) is 11.3 Å². The lowest BCUT2D eigenvalue weighted by Gasteiger charge is -2.19. The van der Waals surface area contributed by atoms with Crippen molar-refractivity contribution in [2.45, 2.75) is 25.3 Å². The number of hydrogen-bond acceptors (Lipinski definition) is 5. The second-order valence-electron chi connectivity index (χ2n) is 4.90. The smallest absolute Gasteiger partial charge is 0.261 e. The number of hydrogen-bond donors (Lipinski definition) is 3. The van der Waals surface area contributed by atoms with Crippen molar-refractivity contribution in [3.8, 4) is 0 Å². The molecule has 1 aliphatic rings. The van der Waals surface area contributed by atoms with Crippen molar-refractivity contribution < 1.29 is 10.0 Å². The highest BCUT2D eigenvalue weighted by atomic mass is 32.1. The van der Waals surface area contributed by atoms with Gasteiger partial charge in [0.05, 0.1) is 4.88 Å². The SMILES string of the molecule is N/C(=N/O)C1CCCC1NC(=O)c1cc2sccc2s1. The van der Waals surface area contributed by atoms with Crippen LogP contribution in [0.2, 0.25) is 0 Å². The van der Waals surface area contributed by atoms with Gasteiger partial charge in [-0.25, -0.2) is 0 Å². The molecule has 3 rings (SSSR count). The van der Waals surface area contributed by atoms with Gasteiger partial charge in [0.25, 0.3) is 5.91 Å². The van der Waals surface area contributed by atoms with Crippen LogP contribution in [0.25, 0.3) is 9.40 Å². The monoisotopic (exact) mass is 309 g/mol. The Morgan fingerprint density at radius 3 is 3.05 bits per heavy atom. The molecule has 2 unspecified atom stereocenters. The van der Waals surface area contributed by atoms with Gasteiger partial charge >= 0.3 is 0 Å². The van der Waals surface area contributed by atoms with Gasteiger partial charge in [0.15, 0.2) is 0 Å². The van der Waals surface area contributed by atoms with Gasteiger partial charge in [-0.15, -0.1) is 22.7 Å². The van der Waals surface area contributed by atoms with E-state index in [9.17, 15) is 4.79 Å². The highest BCUT2D eigenvalue weighted by Gasteiger charge is 2.32. The van der Waals surface area contributed by atoms with Crippen molar-refractivity contribution in [3.63, 3.8) is 0 Å². The van der Waals surface area contributed by atoms with Gasteiger partial charge in [-0.2, -0.15) is 0 Å². The van der Waals surface area contributed by atoms with E-state index in [0.717, 1.165) is 33.5 Å². The predicted octanol–water partition coefficient (Wildman–Crippen LogP) is 2.61. The van der Waals surface area contributed by atoms with Crippen LogP contribution in [0.3, 0.4) is 0 Å². The standard InChI is InChI=1S/C13H15N3O2S2/c14-12(16-18)7-2-1-3-8(7)15-13(17)11-6-10-9(20-11)4-5-19-10/h4-8,18H,1-3H2,(H2,14,16)(H,15,17). The highest BCUT2D eigenvalue weighted by molar-refractivity contribution is 7.27. The minimum absolute atomic E-state index is 0.0430. The molecule has 0 radical (unpaired) electrons. The van der Waals surface area contributed by atoms with Gasteiger partial charge in [0.2, 0.25) is 0 Å². The fraction of sp³-hybridized carbons (Fsp3) is 0.385. The summed E-state index contributed by atoms with van der Waals surface area (Å²) in [5.74, 6) is 0.0750. The van der Waals surface area contributed by atoms with Gasteiger partial charge in [0.1, 0.15) is 5.84 Å². The van der Waals surface area contributed by atoms with Crippen LogP contribution in [-0.2, 0) is 0 Å². The minimum Gasteiger partial charge on any atom is -0.409 e. The van der Waals surface area contributed by atoms with E-state index < -0.39 is 0 Å². The normalized spacial score (nSPS) is 23.3. The topological polar surface area (TPSA) is 87.7 Å². The Balaban J connectivity index is 1.73. The first-order valence-corrected chi connectivity index (χ1v) is 8.14. The van der Waals surface area contributed by atoms with Gasteiger partial charge < -0.3 is 16.3 Å². The Morgan fingerprint density at radius 1 is 1.45 bits per heavy atom. The number of carbonyl (C=O) groups excluding carboxylic acids is 1. The predicted molar refractivity (Wildman–Crippen MR) is 81.7 cm³/mol. The number of fused-ring (bicyclic) bond motifs is 1. The number of nitrogens with zero attached hydrogens (tertiary/aromatic N) is 1. The number of amidine groups is 1. The molecule has 7 heteroatoms. The Hall–Kier alpha value is -1.60. The highest BCUT2D eigenvalue weighted by Crippen LogP contribution is 2.31. The van der Waals surface area contributed by atoms with Gasteiger partial charge in [-0.05, 0) is 30.4 Å². The van der Waals surface area contributed by atoms with Crippen molar-refractivity contribution >= 4 is 43.8 Å². The zero-order valence-electron chi connectivity index (χ0n) is 10.7. The molecule has 4 N–H and O–H groups in total. The van der Waals surface area contributed by atoms with Gasteiger partial charge in [-0.3, -0.25) is 4.79 Å². The molecule has 0 aliphatic heterocycles. The Labute approximate surface area is 124 Å². The number of amides is 1. The van der Waals surface area contributed by atoms with Crippen molar-refractivity contribution in [2.24, 2.45) is 16.8 Å². The molecular formula is C13H15N3O2S2. The summed E-state index contributed by atoms with van der Waals surface area (Å²) in [7, 11) is 0. The quantitative estimate of drug-likeness (QED) is 0.352. The summed E-state index contributed by atoms with van der Waals surface area (Å²) in [6, 6.07) is 3.91. The molecule has 1 fully saturated rings. The van der Waals surface area contributed by atoms with Crippen LogP contribution in [0.4, 0.5) is 0 Å². The van der Waals surface area contributed by atoms with Crippen molar-refractivity contribution in [2.75, 3.05) is 0 Å². The molecule has 20 heavy (non-hydrogen) atoms. The number of rotatable bonds is 3. The summed E-state index contributed by atoms with van der Waals surface area (Å²) in [6.07, 6.45) is 2.69. The second kappa shape index (κ2) is 5.41. The maximum Gasteiger partial charge on any atom is 0.261 e. The van der Waals surface area contributed by atoms with Crippen LogP contribution >= 0.6 is 22.7 Å². The number of oxime groups is 1. The van der Waals surface area contributed by atoms with E-state index in [4.69, 9.17) is 10.9 Å². The second-order valence-corrected chi connectivity index (χ2v) is 6.93. The maximum atomic E-state index is 12.3. The number of nitrogens with one attached hydrogen (secondary N) is 1. The molecule has 1 saturated carbocycles. The van der Waals surface area contributed by atoms with Crippen LogP contribution in [0.1, 0.15) is 28.9 Å². The average Bonchev–Trinajstić information content (AvgIpc) is 3.11. The third-order valence-electron chi connectivity index (χ3n) is 3.69. The molecular weight excluding hydrogens is 294 g/mol. The molecule has 2 aromatic rings. The van der Waals surface area contributed by atoms with E-state index in [1.807, 2.05) is 17.5 Å². The summed E-state index contributed by atoms with van der Waals surface area (Å²) in [4.78, 5) is 13.0. The zero-order valence-corrected chi connectivity index (χ0v) is 12.3. The van der Waals surface area contributed by atoms with Gasteiger partial charge in [-0.1, -0.05) is 11.6 Å². The largest absolute Gasteiger partial charge is 0.409 e. The first-order valence-electron chi connectivity index (χ1n) is 6.44. The van der Waals surface area contributed by atoms with Crippen LogP contribution in [0, 0.1) is 5.92 Å². The van der Waals surface area contributed by atoms with E-state index in [0.29, 0.717) is 0 Å². The Kier molecular flexibility index (Phi) is 3.62. The number of nitrogens with two attached hydrogens (primary N) is 1. The molecule has 2 atom stereocenters. The third kappa shape index (κ3) is 2.38. The van der Waals surface area contributed by atoms with Crippen LogP contribution in [0.15, 0.2) is 22.7 Å². The van der Waals surface area contributed by atoms with Crippen LogP contribution < -0.4 is 11.1 Å². The summed E-state index contributed by atoms with van der Waals surface area (Å²) in [5, 5.41) is 16.9. The molecule has 5 nitrogen and oxygen atoms in total. The molecule has 2 heterocycles. The van der Waals surface area contributed by atoms with Crippen molar-refractivity contribution in [1.29, 1.82) is 0 Å². The fourth-order valence-electron chi connectivity index (χ4n) is 2.68. The maximum absolute atomic E-state index is 12.3. The molecule has 0 bridgehead atoms. The van der Waals surface area contributed by atoms with Crippen LogP contribution in [-0.4, -0.2) is 23.0 Å². The third-order valence-corrected chi connectivity index (χ3v) is 5.78. The number of carbonyl (C=O) groups is 1. The van der Waals surface area contributed by atoms with Crippen molar-refractivity contribution in [3.05, 3.63) is 22.4 Å². The van der Waals surface area contributed by atoms with Crippen LogP contribution in [0.5, 0.6) is 0 Å². The lowest BCUT2D eigenvalue weighted by atomic mass is 10.0. The minimum atomic E-state index is -0.0685. The summed E-state index contributed by atoms with van der Waals surface area (Å²) in [6.45, 7) is 0. The van der Waals surface area contributed by atoms with E-state index in [-0.39, 0.29) is 23.7 Å². The summed E-state index contributed by atoms with van der Waals surface area (Å²) >= 11 is 3.13. The molecule has 0 aromatic carbocycles. The lowest BCUT2D eigenvalue weighted by Crippen LogP contribution is -2.42. The first-order chi connectivity index (χ1) is 9.69. The Bertz CT molecular complexity index is 633. The Morgan fingerprint density at radius 2 is 2.30 bits per heavy atom. The zero-order chi connectivity index (χ0) is 14.1. The van der Waals surface area contributed by atoms with E-state index in [1.165, 1.54) is 11.3 Å². The molecule has 0 spiro atoms. The molecule has 1 amide bonds. The molecule has 2 aromatic heterocycles. The van der Waals surface area contributed by atoms with E-state index in [2.05, 4.69) is 10.5 Å². The molecule has 1 aliphatic carbocycles. The fourth-order valence-corrected chi connectivity index (χ4v) is 4.69. The lowest BCUT2D eigenvalue weighted by molar-refractivity contribution is 0.0937. The number of thiophene rings is 2.